The topological polar surface area (TPSA) is 62.7 Å². The number of aromatic nitrogens is 1. The summed E-state index contributed by atoms with van der Waals surface area (Å²) in [5.74, 6) is 0.288. The molecule has 3 heterocycles. The second-order valence-corrected chi connectivity index (χ2v) is 6.91. The molecule has 6 heteroatoms. The number of likely N-dealkylation sites (N-methyl/N-ethyl adjacent to an activating group) is 1. The highest BCUT2D eigenvalue weighted by atomic mass is 16.5. The Kier molecular flexibility index (Phi) is 4.85. The maximum absolute atomic E-state index is 12.7. The van der Waals surface area contributed by atoms with Gasteiger partial charge in [0, 0.05) is 45.7 Å². The third-order valence-electron chi connectivity index (χ3n) is 5.36. The van der Waals surface area contributed by atoms with Crippen LogP contribution in [0.4, 0.5) is 0 Å². The summed E-state index contributed by atoms with van der Waals surface area (Å²) < 4.78 is 5.51. The molecule has 0 aromatic carbocycles. The summed E-state index contributed by atoms with van der Waals surface area (Å²) in [6.07, 6.45) is 4.30. The van der Waals surface area contributed by atoms with Gasteiger partial charge in [-0.15, -0.1) is 0 Å². The molecular formula is C18H25N3O3. The molecule has 1 spiro atoms. The fourth-order valence-electron chi connectivity index (χ4n) is 3.91. The molecule has 1 atom stereocenters. The molecule has 2 saturated heterocycles. The van der Waals surface area contributed by atoms with Gasteiger partial charge in [0.25, 0.3) is 0 Å². The standard InChI is InChI=1S/C18H25N3O3/c1-20-13-15(24-2)12-18(17(20)23)6-9-21(10-7-18)16(22)11-14-5-3-4-8-19-14/h3-5,8,15H,6-7,9-13H2,1-2H3. The number of carbonyl (C=O) groups is 2. The first-order valence-electron chi connectivity index (χ1n) is 8.50. The molecule has 0 aliphatic carbocycles. The van der Waals surface area contributed by atoms with Crippen LogP contribution in [0.2, 0.25) is 0 Å². The number of carbonyl (C=O) groups excluding carboxylic acids is 2. The van der Waals surface area contributed by atoms with E-state index in [1.54, 1.807) is 18.2 Å². The summed E-state index contributed by atoms with van der Waals surface area (Å²) in [7, 11) is 3.54. The van der Waals surface area contributed by atoms with Crippen molar-refractivity contribution in [2.75, 3.05) is 33.8 Å². The molecule has 130 valence electrons. The molecule has 1 aromatic heterocycles. The Hall–Kier alpha value is -1.95. The maximum Gasteiger partial charge on any atom is 0.228 e. The van der Waals surface area contributed by atoms with Gasteiger partial charge in [-0.25, -0.2) is 0 Å². The second kappa shape index (κ2) is 6.89. The largest absolute Gasteiger partial charge is 0.380 e. The predicted molar refractivity (Wildman–Crippen MR) is 89.2 cm³/mol. The van der Waals surface area contributed by atoms with Crippen molar-refractivity contribution >= 4 is 11.8 Å². The van der Waals surface area contributed by atoms with Crippen LogP contribution >= 0.6 is 0 Å². The van der Waals surface area contributed by atoms with Crippen molar-refractivity contribution in [3.8, 4) is 0 Å². The van der Waals surface area contributed by atoms with Gasteiger partial charge in [0.2, 0.25) is 11.8 Å². The number of methoxy groups -OCH3 is 1. The van der Waals surface area contributed by atoms with Crippen LogP contribution in [0.15, 0.2) is 24.4 Å². The van der Waals surface area contributed by atoms with Crippen LogP contribution in [-0.4, -0.2) is 66.5 Å². The minimum absolute atomic E-state index is 0.0865. The number of ether oxygens (including phenoxy) is 1. The molecule has 0 N–H and O–H groups in total. The van der Waals surface area contributed by atoms with Crippen molar-refractivity contribution < 1.29 is 14.3 Å². The summed E-state index contributed by atoms with van der Waals surface area (Å²) in [5.41, 5.74) is 0.422. The van der Waals surface area contributed by atoms with Gasteiger partial charge >= 0.3 is 0 Å². The molecule has 2 amide bonds. The SMILES string of the molecule is COC1CN(C)C(=O)C2(CCN(C(=O)Cc3ccccn3)CC2)C1. The molecule has 6 nitrogen and oxygen atoms in total. The molecular weight excluding hydrogens is 306 g/mol. The van der Waals surface area contributed by atoms with Crippen LogP contribution in [0.3, 0.4) is 0 Å². The normalized spacial score (nSPS) is 23.6. The second-order valence-electron chi connectivity index (χ2n) is 6.91. The highest BCUT2D eigenvalue weighted by Crippen LogP contribution is 2.41. The molecule has 2 fully saturated rings. The number of pyridine rings is 1. The first kappa shape index (κ1) is 16.9. The number of hydrogen-bond acceptors (Lipinski definition) is 4. The van der Waals surface area contributed by atoms with Crippen molar-refractivity contribution in [1.82, 2.24) is 14.8 Å². The van der Waals surface area contributed by atoms with Crippen molar-refractivity contribution in [2.24, 2.45) is 5.41 Å². The fourth-order valence-corrected chi connectivity index (χ4v) is 3.91. The van der Waals surface area contributed by atoms with Gasteiger partial charge in [-0.05, 0) is 31.4 Å². The van der Waals surface area contributed by atoms with Crippen LogP contribution in [0.5, 0.6) is 0 Å². The zero-order valence-electron chi connectivity index (χ0n) is 14.4. The third-order valence-corrected chi connectivity index (χ3v) is 5.36. The monoisotopic (exact) mass is 331 g/mol. The van der Waals surface area contributed by atoms with Gasteiger partial charge < -0.3 is 14.5 Å². The van der Waals surface area contributed by atoms with E-state index in [9.17, 15) is 9.59 Å². The Morgan fingerprint density at radius 2 is 2.12 bits per heavy atom. The Morgan fingerprint density at radius 3 is 2.75 bits per heavy atom. The summed E-state index contributed by atoms with van der Waals surface area (Å²) in [5, 5.41) is 0. The molecule has 0 bridgehead atoms. The van der Waals surface area contributed by atoms with Crippen LogP contribution in [0, 0.1) is 5.41 Å². The molecule has 3 rings (SSSR count). The molecule has 2 aliphatic rings. The lowest BCUT2D eigenvalue weighted by molar-refractivity contribution is -0.158. The van der Waals surface area contributed by atoms with E-state index in [-0.39, 0.29) is 23.3 Å². The average molecular weight is 331 g/mol. The molecule has 1 aromatic rings. The van der Waals surface area contributed by atoms with Gasteiger partial charge in [-0.1, -0.05) is 6.07 Å². The number of amides is 2. The van der Waals surface area contributed by atoms with Crippen molar-refractivity contribution in [3.05, 3.63) is 30.1 Å². The number of likely N-dealkylation sites (tertiary alicyclic amines) is 2. The highest BCUT2D eigenvalue weighted by Gasteiger charge is 2.48. The van der Waals surface area contributed by atoms with E-state index in [4.69, 9.17) is 4.74 Å². The summed E-state index contributed by atoms with van der Waals surface area (Å²) in [6, 6.07) is 5.60. The quantitative estimate of drug-likeness (QED) is 0.832. The van der Waals surface area contributed by atoms with E-state index in [0.29, 0.717) is 38.9 Å². The number of piperidine rings is 2. The average Bonchev–Trinajstić information content (AvgIpc) is 2.60. The third kappa shape index (κ3) is 3.29. The Bertz CT molecular complexity index is 597. The van der Waals surface area contributed by atoms with Crippen LogP contribution in [-0.2, 0) is 20.7 Å². The molecule has 2 aliphatic heterocycles. The fraction of sp³-hybridized carbons (Fsp3) is 0.611. The zero-order valence-corrected chi connectivity index (χ0v) is 14.4. The van der Waals surface area contributed by atoms with E-state index in [1.165, 1.54) is 0 Å². The van der Waals surface area contributed by atoms with E-state index < -0.39 is 0 Å². The van der Waals surface area contributed by atoms with E-state index in [0.717, 1.165) is 12.1 Å². The number of nitrogens with zero attached hydrogens (tertiary/aromatic N) is 3. The zero-order chi connectivity index (χ0) is 17.2. The Balaban J connectivity index is 1.62. The molecule has 1 unspecified atom stereocenters. The van der Waals surface area contributed by atoms with Gasteiger partial charge in [0.05, 0.1) is 17.9 Å². The van der Waals surface area contributed by atoms with E-state index >= 15 is 0 Å². The smallest absolute Gasteiger partial charge is 0.228 e. The molecule has 0 radical (unpaired) electrons. The van der Waals surface area contributed by atoms with Crippen LogP contribution in [0.1, 0.15) is 25.0 Å². The van der Waals surface area contributed by atoms with Gasteiger partial charge in [-0.3, -0.25) is 14.6 Å². The Labute approximate surface area is 142 Å². The predicted octanol–water partition coefficient (Wildman–Crippen LogP) is 1.11. The lowest BCUT2D eigenvalue weighted by atomic mass is 9.71. The lowest BCUT2D eigenvalue weighted by Crippen LogP contribution is -2.57. The number of rotatable bonds is 3. The van der Waals surface area contributed by atoms with Crippen molar-refractivity contribution in [1.29, 1.82) is 0 Å². The summed E-state index contributed by atoms with van der Waals surface area (Å²) in [6.45, 7) is 1.91. The first-order chi connectivity index (χ1) is 11.5. The van der Waals surface area contributed by atoms with Gasteiger partial charge in [0.1, 0.15) is 0 Å². The van der Waals surface area contributed by atoms with Crippen LogP contribution in [0.25, 0.3) is 0 Å². The summed E-state index contributed by atoms with van der Waals surface area (Å²) in [4.78, 5) is 33.0. The van der Waals surface area contributed by atoms with E-state index in [1.807, 2.05) is 30.1 Å². The minimum Gasteiger partial charge on any atom is -0.380 e. The maximum atomic E-state index is 12.7. The summed E-state index contributed by atoms with van der Waals surface area (Å²) >= 11 is 0. The van der Waals surface area contributed by atoms with Crippen LogP contribution < -0.4 is 0 Å². The van der Waals surface area contributed by atoms with Crippen molar-refractivity contribution in [2.45, 2.75) is 31.8 Å². The minimum atomic E-state index is -0.366. The van der Waals surface area contributed by atoms with Gasteiger partial charge in [0.15, 0.2) is 0 Å². The first-order valence-corrected chi connectivity index (χ1v) is 8.50. The number of hydrogen-bond donors (Lipinski definition) is 0. The lowest BCUT2D eigenvalue weighted by Gasteiger charge is -2.47. The molecule has 0 saturated carbocycles. The highest BCUT2D eigenvalue weighted by molar-refractivity contribution is 5.84. The van der Waals surface area contributed by atoms with Gasteiger partial charge in [-0.2, -0.15) is 0 Å². The van der Waals surface area contributed by atoms with E-state index in [2.05, 4.69) is 4.98 Å². The van der Waals surface area contributed by atoms with Crippen molar-refractivity contribution in [3.63, 3.8) is 0 Å². The molecule has 24 heavy (non-hydrogen) atoms. The Morgan fingerprint density at radius 1 is 1.38 bits per heavy atom.